The molecule has 2 fully saturated rings. The highest BCUT2D eigenvalue weighted by Crippen LogP contribution is 2.21. The molecule has 0 atom stereocenters. The van der Waals surface area contributed by atoms with Crippen LogP contribution >= 0.6 is 22.6 Å². The van der Waals surface area contributed by atoms with Gasteiger partial charge < -0.3 is 9.80 Å². The lowest BCUT2D eigenvalue weighted by Crippen LogP contribution is -2.64. The van der Waals surface area contributed by atoms with Gasteiger partial charge in [-0.1, -0.05) is 0 Å². The molecule has 3 heterocycles. The van der Waals surface area contributed by atoms with Crippen LogP contribution in [0.2, 0.25) is 0 Å². The predicted molar refractivity (Wildman–Crippen MR) is 105 cm³/mol. The third kappa shape index (κ3) is 3.62. The summed E-state index contributed by atoms with van der Waals surface area (Å²) < 4.78 is 1.15. The van der Waals surface area contributed by atoms with Gasteiger partial charge in [0, 0.05) is 66.8 Å². The molecule has 0 N–H and O–H groups in total. The number of rotatable bonds is 3. The Morgan fingerprint density at radius 3 is 2.28 bits per heavy atom. The minimum absolute atomic E-state index is 0.143. The van der Waals surface area contributed by atoms with Crippen LogP contribution in [-0.2, 0) is 0 Å². The molecule has 0 radical (unpaired) electrons. The van der Waals surface area contributed by atoms with Crippen molar-refractivity contribution in [2.75, 3.05) is 44.2 Å². The van der Waals surface area contributed by atoms with E-state index < -0.39 is 0 Å². The number of aromatic nitrogens is 2. The Hall–Kier alpha value is -1.74. The van der Waals surface area contributed by atoms with Crippen molar-refractivity contribution >= 4 is 34.4 Å². The molecule has 6 nitrogen and oxygen atoms in total. The summed E-state index contributed by atoms with van der Waals surface area (Å²) in [4.78, 5) is 27.8. The fourth-order valence-electron chi connectivity index (χ4n) is 3.37. The third-order valence-electron chi connectivity index (χ3n) is 4.91. The number of hydrogen-bond acceptors (Lipinski definition) is 5. The highest BCUT2D eigenvalue weighted by Gasteiger charge is 2.36. The van der Waals surface area contributed by atoms with Crippen molar-refractivity contribution in [1.29, 1.82) is 0 Å². The summed E-state index contributed by atoms with van der Waals surface area (Å²) in [6.07, 6.45) is 3.57. The van der Waals surface area contributed by atoms with Crippen molar-refractivity contribution in [3.8, 4) is 0 Å². The lowest BCUT2D eigenvalue weighted by atomic mass is 10.0. The van der Waals surface area contributed by atoms with E-state index in [4.69, 9.17) is 0 Å². The van der Waals surface area contributed by atoms with E-state index in [2.05, 4.69) is 42.4 Å². The molecule has 0 saturated carbocycles. The maximum atomic E-state index is 12.5. The van der Waals surface area contributed by atoms with Crippen LogP contribution < -0.4 is 4.90 Å². The Morgan fingerprint density at radius 2 is 1.64 bits per heavy atom. The molecule has 0 unspecified atom stereocenters. The monoisotopic (exact) mass is 449 g/mol. The average molecular weight is 449 g/mol. The number of anilines is 1. The molecule has 1 aromatic carbocycles. The molecule has 0 aliphatic carbocycles. The third-order valence-corrected chi connectivity index (χ3v) is 5.63. The maximum Gasteiger partial charge on any atom is 0.253 e. The van der Waals surface area contributed by atoms with Crippen molar-refractivity contribution in [3.63, 3.8) is 0 Å². The first-order valence-corrected chi connectivity index (χ1v) is 9.59. The van der Waals surface area contributed by atoms with Crippen LogP contribution in [0.1, 0.15) is 10.4 Å². The van der Waals surface area contributed by atoms with Gasteiger partial charge in [0.25, 0.3) is 5.91 Å². The second-order valence-electron chi connectivity index (χ2n) is 6.44. The molecule has 4 rings (SSSR count). The van der Waals surface area contributed by atoms with Gasteiger partial charge in [0.1, 0.15) is 0 Å². The lowest BCUT2D eigenvalue weighted by Gasteiger charge is -2.48. The largest absolute Gasteiger partial charge is 0.338 e. The summed E-state index contributed by atoms with van der Waals surface area (Å²) in [5.41, 5.74) is 0.782. The number of likely N-dealkylation sites (tertiary alicyclic amines) is 1. The van der Waals surface area contributed by atoms with Crippen molar-refractivity contribution in [1.82, 2.24) is 19.8 Å². The first kappa shape index (κ1) is 16.7. The Morgan fingerprint density at radius 1 is 1.00 bits per heavy atom. The normalized spacial score (nSPS) is 18.9. The van der Waals surface area contributed by atoms with Gasteiger partial charge in [-0.15, -0.1) is 0 Å². The number of benzene rings is 1. The van der Waals surface area contributed by atoms with Gasteiger partial charge in [0.05, 0.1) is 0 Å². The maximum absolute atomic E-state index is 12.5. The molecular weight excluding hydrogens is 429 g/mol. The molecule has 1 amide bonds. The van der Waals surface area contributed by atoms with Crippen LogP contribution in [0, 0.1) is 3.57 Å². The van der Waals surface area contributed by atoms with Crippen LogP contribution in [0.5, 0.6) is 0 Å². The Kier molecular flexibility index (Phi) is 4.85. The molecule has 2 aliphatic rings. The smallest absolute Gasteiger partial charge is 0.253 e. The van der Waals surface area contributed by atoms with E-state index in [-0.39, 0.29) is 5.91 Å². The molecule has 7 heteroatoms. The zero-order chi connectivity index (χ0) is 17.2. The number of hydrogen-bond donors (Lipinski definition) is 0. The summed E-state index contributed by atoms with van der Waals surface area (Å²) in [7, 11) is 0. The van der Waals surface area contributed by atoms with E-state index in [1.165, 1.54) is 0 Å². The van der Waals surface area contributed by atoms with Crippen LogP contribution in [-0.4, -0.2) is 71.0 Å². The number of carbonyl (C=O) groups is 1. The van der Waals surface area contributed by atoms with E-state index in [0.717, 1.165) is 54.4 Å². The minimum atomic E-state index is 0.143. The van der Waals surface area contributed by atoms with Gasteiger partial charge >= 0.3 is 0 Å². The molecule has 130 valence electrons. The molecule has 0 spiro atoms. The van der Waals surface area contributed by atoms with E-state index in [9.17, 15) is 4.79 Å². The highest BCUT2D eigenvalue weighted by molar-refractivity contribution is 14.1. The minimum Gasteiger partial charge on any atom is -0.338 e. The van der Waals surface area contributed by atoms with Gasteiger partial charge in [-0.2, -0.15) is 0 Å². The zero-order valence-electron chi connectivity index (χ0n) is 13.9. The molecule has 2 aliphatic heterocycles. The SMILES string of the molecule is O=C(c1ccc(I)cc1)N1CC(N2CCN(c3ncccn3)CC2)C1. The summed E-state index contributed by atoms with van der Waals surface area (Å²) in [5, 5.41) is 0. The van der Waals surface area contributed by atoms with Crippen molar-refractivity contribution in [2.45, 2.75) is 6.04 Å². The van der Waals surface area contributed by atoms with E-state index in [1.54, 1.807) is 12.4 Å². The van der Waals surface area contributed by atoms with Crippen LogP contribution in [0.3, 0.4) is 0 Å². The fraction of sp³-hybridized carbons (Fsp3) is 0.389. The average Bonchev–Trinajstić information content (AvgIpc) is 2.62. The fourth-order valence-corrected chi connectivity index (χ4v) is 3.73. The molecule has 2 saturated heterocycles. The predicted octanol–water partition coefficient (Wildman–Crippen LogP) is 1.73. The lowest BCUT2D eigenvalue weighted by molar-refractivity contribution is 0.0246. The van der Waals surface area contributed by atoms with Gasteiger partial charge in [0.2, 0.25) is 5.95 Å². The second kappa shape index (κ2) is 7.25. The standard InChI is InChI=1S/C18H20IN5O/c19-15-4-2-14(3-5-15)17(25)24-12-16(13-24)22-8-10-23(11-9-22)18-20-6-1-7-21-18/h1-7,16H,8-13H2. The zero-order valence-corrected chi connectivity index (χ0v) is 16.0. The van der Waals surface area contributed by atoms with Gasteiger partial charge in [0.15, 0.2) is 0 Å². The summed E-state index contributed by atoms with van der Waals surface area (Å²) >= 11 is 2.25. The summed E-state index contributed by atoms with van der Waals surface area (Å²) in [6.45, 7) is 5.51. The van der Waals surface area contributed by atoms with E-state index >= 15 is 0 Å². The van der Waals surface area contributed by atoms with Crippen molar-refractivity contribution in [3.05, 3.63) is 51.9 Å². The topological polar surface area (TPSA) is 52.6 Å². The number of piperazine rings is 1. The number of amides is 1. The van der Waals surface area contributed by atoms with Gasteiger partial charge in [-0.25, -0.2) is 9.97 Å². The molecule has 1 aromatic heterocycles. The van der Waals surface area contributed by atoms with Gasteiger partial charge in [-0.05, 0) is 52.9 Å². The van der Waals surface area contributed by atoms with Crippen molar-refractivity contribution < 1.29 is 4.79 Å². The van der Waals surface area contributed by atoms with Crippen molar-refractivity contribution in [2.24, 2.45) is 0 Å². The number of carbonyl (C=O) groups excluding carboxylic acids is 1. The van der Waals surface area contributed by atoms with Crippen LogP contribution in [0.15, 0.2) is 42.7 Å². The first-order chi connectivity index (χ1) is 12.2. The Balaban J connectivity index is 1.27. The Bertz CT molecular complexity index is 725. The molecule has 0 bridgehead atoms. The molecular formula is C18H20IN5O. The second-order valence-corrected chi connectivity index (χ2v) is 7.69. The van der Waals surface area contributed by atoms with E-state index in [1.807, 2.05) is 35.2 Å². The number of nitrogens with zero attached hydrogens (tertiary/aromatic N) is 5. The molecule has 2 aromatic rings. The first-order valence-electron chi connectivity index (χ1n) is 8.51. The summed E-state index contributed by atoms with van der Waals surface area (Å²) in [5.74, 6) is 0.954. The quantitative estimate of drug-likeness (QED) is 0.669. The highest BCUT2D eigenvalue weighted by atomic mass is 127. The molecule has 25 heavy (non-hydrogen) atoms. The Labute approximate surface area is 161 Å². The van der Waals surface area contributed by atoms with E-state index in [0.29, 0.717) is 6.04 Å². The van der Waals surface area contributed by atoms with Crippen LogP contribution in [0.25, 0.3) is 0 Å². The number of halogens is 1. The van der Waals surface area contributed by atoms with Gasteiger partial charge in [-0.3, -0.25) is 9.69 Å². The summed E-state index contributed by atoms with van der Waals surface area (Å²) in [6, 6.07) is 10.1. The van der Waals surface area contributed by atoms with Crippen LogP contribution in [0.4, 0.5) is 5.95 Å².